The van der Waals surface area contributed by atoms with Gasteiger partial charge >= 0.3 is 0 Å². The lowest BCUT2D eigenvalue weighted by atomic mass is 10.1. The maximum Gasteiger partial charge on any atom is 0.275 e. The van der Waals surface area contributed by atoms with E-state index in [2.05, 4.69) is 15.0 Å². The van der Waals surface area contributed by atoms with Crippen LogP contribution in [0.4, 0.5) is 4.39 Å². The molecule has 2 N–H and O–H groups in total. The molecule has 2 aromatic heterocycles. The number of hydrogen-bond donors (Lipinski definition) is 2. The minimum Gasteiger partial charge on any atom is -0.355 e. The second kappa shape index (κ2) is 6.97. The van der Waals surface area contributed by atoms with Crippen LogP contribution in [0.3, 0.4) is 0 Å². The van der Waals surface area contributed by atoms with Gasteiger partial charge in [0.05, 0.1) is 0 Å². The third kappa shape index (κ3) is 3.25. The van der Waals surface area contributed by atoms with Crippen LogP contribution in [0.5, 0.6) is 0 Å². The topological polar surface area (TPSA) is 61.5 Å². The third-order valence-electron chi connectivity index (χ3n) is 3.98. The van der Waals surface area contributed by atoms with Gasteiger partial charge in [0.15, 0.2) is 5.16 Å². The molecule has 2 heterocycles. The number of rotatable bonds is 4. The Labute approximate surface area is 157 Å². The SMILES string of the molecule is O=c1[nH]c(SCc2ccc(F)cc2Cl)nc2c(-c3ccccc3)c[nH]c12. The summed E-state index contributed by atoms with van der Waals surface area (Å²) in [4.78, 5) is 22.7. The number of benzene rings is 2. The van der Waals surface area contributed by atoms with E-state index in [1.54, 1.807) is 12.3 Å². The summed E-state index contributed by atoms with van der Waals surface area (Å²) in [6.07, 6.45) is 1.79. The highest BCUT2D eigenvalue weighted by atomic mass is 35.5. The summed E-state index contributed by atoms with van der Waals surface area (Å²) in [5.74, 6) is 0.0927. The number of aromatic amines is 2. The van der Waals surface area contributed by atoms with Crippen LogP contribution in [-0.4, -0.2) is 15.0 Å². The van der Waals surface area contributed by atoms with E-state index in [9.17, 15) is 9.18 Å². The monoisotopic (exact) mass is 385 g/mol. The number of H-pyrrole nitrogens is 2. The molecule has 26 heavy (non-hydrogen) atoms. The van der Waals surface area contributed by atoms with Gasteiger partial charge in [-0.3, -0.25) is 9.78 Å². The van der Waals surface area contributed by atoms with Crippen molar-refractivity contribution in [1.82, 2.24) is 15.0 Å². The summed E-state index contributed by atoms with van der Waals surface area (Å²) in [7, 11) is 0. The standard InChI is InChI=1S/C19H13ClFN3OS/c20-15-8-13(21)7-6-12(15)10-26-19-23-16-14(11-4-2-1-3-5-11)9-22-17(16)18(25)24-19/h1-9,22H,10H2,(H,23,24,25). The van der Waals surface area contributed by atoms with Gasteiger partial charge in [0.25, 0.3) is 5.56 Å². The second-order valence-corrected chi connectivity index (χ2v) is 7.06. The quantitative estimate of drug-likeness (QED) is 0.383. The maximum atomic E-state index is 13.2. The highest BCUT2D eigenvalue weighted by molar-refractivity contribution is 7.98. The van der Waals surface area contributed by atoms with E-state index in [-0.39, 0.29) is 11.4 Å². The first-order chi connectivity index (χ1) is 12.6. The van der Waals surface area contributed by atoms with E-state index in [0.717, 1.165) is 16.7 Å². The fraction of sp³-hybridized carbons (Fsp3) is 0.0526. The third-order valence-corrected chi connectivity index (χ3v) is 5.25. The van der Waals surface area contributed by atoms with Crippen molar-refractivity contribution in [2.24, 2.45) is 0 Å². The number of hydrogen-bond acceptors (Lipinski definition) is 3. The van der Waals surface area contributed by atoms with Gasteiger partial charge in [-0.15, -0.1) is 0 Å². The largest absolute Gasteiger partial charge is 0.355 e. The molecule has 0 aliphatic rings. The smallest absolute Gasteiger partial charge is 0.275 e. The first-order valence-electron chi connectivity index (χ1n) is 7.85. The van der Waals surface area contributed by atoms with E-state index < -0.39 is 0 Å². The normalized spacial score (nSPS) is 11.2. The van der Waals surface area contributed by atoms with E-state index in [1.165, 1.54) is 23.9 Å². The van der Waals surface area contributed by atoms with Crippen LogP contribution in [0.1, 0.15) is 5.56 Å². The van der Waals surface area contributed by atoms with Crippen molar-refractivity contribution in [3.63, 3.8) is 0 Å². The number of thioether (sulfide) groups is 1. The average Bonchev–Trinajstić information content (AvgIpc) is 3.06. The molecule has 0 amide bonds. The summed E-state index contributed by atoms with van der Waals surface area (Å²) in [5.41, 5.74) is 3.45. The van der Waals surface area contributed by atoms with Crippen molar-refractivity contribution in [3.05, 3.63) is 81.5 Å². The lowest BCUT2D eigenvalue weighted by Gasteiger charge is -2.05. The molecule has 4 nitrogen and oxygen atoms in total. The molecule has 4 rings (SSSR count). The lowest BCUT2D eigenvalue weighted by molar-refractivity contribution is 0.627. The molecule has 4 aromatic rings. The zero-order valence-corrected chi connectivity index (χ0v) is 15.0. The Balaban J connectivity index is 1.69. The molecule has 0 radical (unpaired) electrons. The summed E-state index contributed by atoms with van der Waals surface area (Å²) in [6.45, 7) is 0. The van der Waals surface area contributed by atoms with Gasteiger partial charge in [-0.1, -0.05) is 59.8 Å². The van der Waals surface area contributed by atoms with Gasteiger partial charge in [0, 0.05) is 22.5 Å². The lowest BCUT2D eigenvalue weighted by Crippen LogP contribution is -2.09. The van der Waals surface area contributed by atoms with Gasteiger partial charge in [-0.25, -0.2) is 9.37 Å². The van der Waals surface area contributed by atoms with Crippen LogP contribution < -0.4 is 5.56 Å². The van der Waals surface area contributed by atoms with Gasteiger partial charge in [0.1, 0.15) is 16.9 Å². The van der Waals surface area contributed by atoms with Crippen molar-refractivity contribution in [2.45, 2.75) is 10.9 Å². The van der Waals surface area contributed by atoms with Crippen molar-refractivity contribution < 1.29 is 4.39 Å². The van der Waals surface area contributed by atoms with Crippen molar-refractivity contribution >= 4 is 34.4 Å². The average molecular weight is 386 g/mol. The zero-order valence-electron chi connectivity index (χ0n) is 13.4. The number of fused-ring (bicyclic) bond motifs is 1. The molecule has 2 aromatic carbocycles. The second-order valence-electron chi connectivity index (χ2n) is 5.69. The fourth-order valence-electron chi connectivity index (χ4n) is 2.69. The summed E-state index contributed by atoms with van der Waals surface area (Å²) in [5, 5.41) is 0.840. The van der Waals surface area contributed by atoms with Crippen molar-refractivity contribution in [1.29, 1.82) is 0 Å². The van der Waals surface area contributed by atoms with Crippen molar-refractivity contribution in [2.75, 3.05) is 0 Å². The van der Waals surface area contributed by atoms with Gasteiger partial charge in [0.2, 0.25) is 0 Å². The van der Waals surface area contributed by atoms with Gasteiger partial charge in [-0.2, -0.15) is 0 Å². The molecule has 130 valence electrons. The molecular weight excluding hydrogens is 373 g/mol. The Morgan fingerprint density at radius 3 is 2.73 bits per heavy atom. The van der Waals surface area contributed by atoms with E-state index in [0.29, 0.717) is 27.0 Å². The summed E-state index contributed by atoms with van der Waals surface area (Å²) >= 11 is 7.40. The number of aromatic nitrogens is 3. The molecular formula is C19H13ClFN3OS. The minimum absolute atomic E-state index is 0.232. The zero-order chi connectivity index (χ0) is 18.1. The molecule has 0 bridgehead atoms. The Kier molecular flexibility index (Phi) is 4.53. The number of halogens is 2. The predicted molar refractivity (Wildman–Crippen MR) is 103 cm³/mol. The molecule has 0 aliphatic carbocycles. The fourth-order valence-corrected chi connectivity index (χ4v) is 3.86. The predicted octanol–water partition coefficient (Wildman–Crippen LogP) is 5.00. The Hall–Kier alpha value is -2.57. The van der Waals surface area contributed by atoms with Gasteiger partial charge in [-0.05, 0) is 23.3 Å². The minimum atomic E-state index is -0.378. The number of nitrogens with zero attached hydrogens (tertiary/aromatic N) is 1. The van der Waals surface area contributed by atoms with Crippen LogP contribution in [0.25, 0.3) is 22.2 Å². The first kappa shape index (κ1) is 16.9. The first-order valence-corrected chi connectivity index (χ1v) is 9.22. The molecule has 0 saturated heterocycles. The Bertz CT molecular complexity index is 1140. The van der Waals surface area contributed by atoms with E-state index in [4.69, 9.17) is 11.6 Å². The van der Waals surface area contributed by atoms with Crippen LogP contribution >= 0.6 is 23.4 Å². The molecule has 0 saturated carbocycles. The van der Waals surface area contributed by atoms with Gasteiger partial charge < -0.3 is 4.98 Å². The van der Waals surface area contributed by atoms with Crippen molar-refractivity contribution in [3.8, 4) is 11.1 Å². The van der Waals surface area contributed by atoms with Crippen LogP contribution in [0.2, 0.25) is 5.02 Å². The molecule has 0 atom stereocenters. The van der Waals surface area contributed by atoms with Crippen LogP contribution in [-0.2, 0) is 5.75 Å². The summed E-state index contributed by atoms with van der Waals surface area (Å²) in [6, 6.07) is 14.0. The molecule has 0 aliphatic heterocycles. The molecule has 0 spiro atoms. The Morgan fingerprint density at radius 2 is 1.96 bits per heavy atom. The Morgan fingerprint density at radius 1 is 1.15 bits per heavy atom. The highest BCUT2D eigenvalue weighted by Gasteiger charge is 2.13. The van der Waals surface area contributed by atoms with Crippen LogP contribution in [0, 0.1) is 5.82 Å². The summed E-state index contributed by atoms with van der Waals surface area (Å²) < 4.78 is 13.2. The highest BCUT2D eigenvalue weighted by Crippen LogP contribution is 2.29. The molecule has 7 heteroatoms. The van der Waals surface area contributed by atoms with Crippen LogP contribution in [0.15, 0.2) is 64.7 Å². The van der Waals surface area contributed by atoms with E-state index in [1.807, 2.05) is 30.3 Å². The van der Waals surface area contributed by atoms with E-state index >= 15 is 0 Å². The molecule has 0 fully saturated rings. The molecule has 0 unspecified atom stereocenters. The maximum absolute atomic E-state index is 13.2. The number of nitrogens with one attached hydrogen (secondary N) is 2.